The van der Waals surface area contributed by atoms with Crippen molar-refractivity contribution in [3.05, 3.63) is 0 Å². The molecule has 0 atom stereocenters. The SMILES string of the molecule is O=C(O)C1(F)C(F)(F)C(F)(F)C(F)(F)C(F)(F)C1(F)F.[Ag]. The average Bonchev–Trinajstić information content (AvgIpc) is 2.24. The van der Waals surface area contributed by atoms with Crippen LogP contribution in [-0.4, -0.2) is 46.4 Å². The van der Waals surface area contributed by atoms with E-state index in [9.17, 15) is 53.1 Å². The molecule has 1 N–H and O–H groups in total. The maximum absolute atomic E-state index is 13.2. The first-order valence-electron chi connectivity index (χ1n) is 4.26. The summed E-state index contributed by atoms with van der Waals surface area (Å²) in [5, 5.41) is 7.86. The van der Waals surface area contributed by atoms with Crippen molar-refractivity contribution in [3.63, 3.8) is 0 Å². The molecule has 1 aliphatic carbocycles. The third-order valence-electron chi connectivity index (χ3n) is 2.74. The summed E-state index contributed by atoms with van der Waals surface area (Å²) < 4.78 is 140. The predicted octanol–water partition coefficient (Wildman–Crippen LogP) is 2.97. The second kappa shape index (κ2) is 4.47. The molecule has 0 amide bonds. The minimum Gasteiger partial charge on any atom is -0.479 e. The Hall–Kier alpha value is -0.560. The number of aliphatic carboxylic acids is 1. The first-order valence-corrected chi connectivity index (χ1v) is 4.26. The summed E-state index contributed by atoms with van der Waals surface area (Å²) in [5.41, 5.74) is -6.94. The Morgan fingerprint density at radius 2 is 0.762 bits per heavy atom. The van der Waals surface area contributed by atoms with Gasteiger partial charge in [0.05, 0.1) is 0 Å². The molecule has 0 unspecified atom stereocenters. The number of carboxylic acids is 1. The first kappa shape index (κ1) is 20.4. The Labute approximate surface area is 122 Å². The molecule has 129 valence electrons. The van der Waals surface area contributed by atoms with Gasteiger partial charge < -0.3 is 5.11 Å². The van der Waals surface area contributed by atoms with Crippen LogP contribution in [-0.2, 0) is 27.2 Å². The van der Waals surface area contributed by atoms with Gasteiger partial charge in [0, 0.05) is 22.4 Å². The van der Waals surface area contributed by atoms with E-state index < -0.39 is 41.3 Å². The maximum atomic E-state index is 13.2. The summed E-state index contributed by atoms with van der Waals surface area (Å²) in [6, 6.07) is 0. The Morgan fingerprint density at radius 1 is 0.571 bits per heavy atom. The van der Waals surface area contributed by atoms with Crippen molar-refractivity contribution in [2.24, 2.45) is 0 Å². The Kier molecular flexibility index (Phi) is 4.35. The summed E-state index contributed by atoms with van der Waals surface area (Å²) in [6.45, 7) is 0. The van der Waals surface area contributed by atoms with Crippen LogP contribution in [0.15, 0.2) is 0 Å². The average molecular weight is 434 g/mol. The second-order valence-electron chi connectivity index (χ2n) is 3.84. The fourth-order valence-electron chi connectivity index (χ4n) is 1.49. The van der Waals surface area contributed by atoms with E-state index in [1.54, 1.807) is 0 Å². The number of hydrogen-bond donors (Lipinski definition) is 1. The predicted molar refractivity (Wildman–Crippen MR) is 36.2 cm³/mol. The third-order valence-corrected chi connectivity index (χ3v) is 2.74. The summed E-state index contributed by atoms with van der Waals surface area (Å²) in [5.74, 6) is -40.9. The summed E-state index contributed by atoms with van der Waals surface area (Å²) in [6.07, 6.45) is 0. The van der Waals surface area contributed by atoms with E-state index in [-0.39, 0.29) is 22.4 Å². The van der Waals surface area contributed by atoms with E-state index in [1.807, 2.05) is 0 Å². The van der Waals surface area contributed by atoms with Gasteiger partial charge in [-0.3, -0.25) is 0 Å². The summed E-state index contributed by atoms with van der Waals surface area (Å²) >= 11 is 0. The van der Waals surface area contributed by atoms with E-state index in [2.05, 4.69) is 0 Å². The molecular weight excluding hydrogens is 433 g/mol. The van der Waals surface area contributed by atoms with E-state index >= 15 is 0 Å². The molecule has 2 nitrogen and oxygen atoms in total. The van der Waals surface area contributed by atoms with Crippen LogP contribution < -0.4 is 0 Å². The van der Waals surface area contributed by atoms with E-state index in [1.165, 1.54) is 0 Å². The van der Waals surface area contributed by atoms with Crippen molar-refractivity contribution in [2.45, 2.75) is 35.3 Å². The molecule has 0 aromatic carbocycles. The zero-order valence-electron chi connectivity index (χ0n) is 8.81. The summed E-state index contributed by atoms with van der Waals surface area (Å²) in [4.78, 5) is 10.0. The van der Waals surface area contributed by atoms with E-state index in [4.69, 9.17) is 5.11 Å². The smallest absolute Gasteiger partial charge is 0.384 e. The van der Waals surface area contributed by atoms with Crippen molar-refractivity contribution in [2.75, 3.05) is 0 Å². The van der Waals surface area contributed by atoms with Gasteiger partial charge in [-0.05, 0) is 0 Å². The molecule has 21 heavy (non-hydrogen) atoms. The maximum Gasteiger partial charge on any atom is 0.384 e. The number of alkyl halides is 11. The van der Waals surface area contributed by atoms with Crippen molar-refractivity contribution >= 4 is 5.97 Å². The molecule has 0 aromatic heterocycles. The quantitative estimate of drug-likeness (QED) is 0.510. The Bertz CT molecular complexity index is 429. The molecule has 1 saturated carbocycles. The molecule has 1 radical (unpaired) electrons. The van der Waals surface area contributed by atoms with Gasteiger partial charge >= 0.3 is 41.3 Å². The van der Waals surface area contributed by atoms with Gasteiger partial charge in [-0.2, -0.15) is 43.9 Å². The first-order chi connectivity index (χ1) is 8.44. The molecule has 0 heterocycles. The van der Waals surface area contributed by atoms with Crippen LogP contribution in [0.1, 0.15) is 0 Å². The molecule has 0 bridgehead atoms. The van der Waals surface area contributed by atoms with Gasteiger partial charge in [0.2, 0.25) is 0 Å². The molecule has 14 heteroatoms. The largest absolute Gasteiger partial charge is 0.479 e. The number of rotatable bonds is 1. The van der Waals surface area contributed by atoms with E-state index in [0.717, 1.165) is 0 Å². The number of halogens is 11. The van der Waals surface area contributed by atoms with Crippen molar-refractivity contribution in [1.29, 1.82) is 0 Å². The molecule has 0 spiro atoms. The third kappa shape index (κ3) is 1.67. The van der Waals surface area contributed by atoms with Gasteiger partial charge in [0.1, 0.15) is 0 Å². The molecule has 0 aromatic rings. The fourth-order valence-corrected chi connectivity index (χ4v) is 1.49. The minimum atomic E-state index is -7.39. The standard InChI is InChI=1S/C7HF11O2.Ag/c8-2(1(19)20)3(9,10)5(13,14)7(17,18)6(15,16)4(2,11)12;/h(H,19,20);. The normalized spacial score (nSPS) is 30.0. The van der Waals surface area contributed by atoms with Crippen molar-refractivity contribution in [1.82, 2.24) is 0 Å². The molecular formula is C7HAgF11O2. The minimum absolute atomic E-state index is 0. The molecule has 1 aliphatic rings. The van der Waals surface area contributed by atoms with Crippen LogP contribution >= 0.6 is 0 Å². The van der Waals surface area contributed by atoms with Gasteiger partial charge in [-0.15, -0.1) is 0 Å². The topological polar surface area (TPSA) is 37.3 Å². The molecule has 0 aliphatic heterocycles. The summed E-state index contributed by atoms with van der Waals surface area (Å²) in [7, 11) is 0. The van der Waals surface area contributed by atoms with Crippen LogP contribution in [0, 0.1) is 0 Å². The zero-order valence-corrected chi connectivity index (χ0v) is 10.3. The molecule has 1 fully saturated rings. The van der Waals surface area contributed by atoms with Crippen LogP contribution in [0.3, 0.4) is 0 Å². The van der Waals surface area contributed by atoms with Crippen LogP contribution in [0.4, 0.5) is 48.3 Å². The Morgan fingerprint density at radius 3 is 0.952 bits per heavy atom. The van der Waals surface area contributed by atoms with Gasteiger partial charge in [0.15, 0.2) is 0 Å². The molecule has 0 saturated heterocycles. The van der Waals surface area contributed by atoms with Gasteiger partial charge in [0.25, 0.3) is 0 Å². The Balaban J connectivity index is 0.00000400. The zero-order chi connectivity index (χ0) is 16.6. The van der Waals surface area contributed by atoms with Crippen molar-refractivity contribution < 1.29 is 80.6 Å². The number of carbonyl (C=O) groups is 1. The van der Waals surface area contributed by atoms with Crippen LogP contribution in [0.2, 0.25) is 0 Å². The van der Waals surface area contributed by atoms with Crippen molar-refractivity contribution in [3.8, 4) is 0 Å². The molecule has 1 rings (SSSR count). The monoisotopic (exact) mass is 433 g/mol. The number of carboxylic acid groups (broad SMARTS) is 1. The van der Waals surface area contributed by atoms with Crippen LogP contribution in [0.5, 0.6) is 0 Å². The van der Waals surface area contributed by atoms with E-state index in [0.29, 0.717) is 0 Å². The van der Waals surface area contributed by atoms with Gasteiger partial charge in [-0.25, -0.2) is 9.18 Å². The number of hydrogen-bond acceptors (Lipinski definition) is 1. The van der Waals surface area contributed by atoms with Crippen LogP contribution in [0.25, 0.3) is 0 Å². The van der Waals surface area contributed by atoms with Gasteiger partial charge in [-0.1, -0.05) is 0 Å². The second-order valence-corrected chi connectivity index (χ2v) is 3.84. The fraction of sp³-hybridized carbons (Fsp3) is 0.857.